The molecule has 0 N–H and O–H groups in total. The van der Waals surface area contributed by atoms with Gasteiger partial charge >= 0.3 is 0 Å². The van der Waals surface area contributed by atoms with Gasteiger partial charge in [-0.2, -0.15) is 0 Å². The molecular weight excluding hydrogens is 588 g/mol. The molecular formula is C40H40N2O5. The lowest BCUT2D eigenvalue weighted by atomic mass is 10.1. The van der Waals surface area contributed by atoms with Crippen molar-refractivity contribution >= 4 is 34.1 Å². The number of rotatable bonds is 13. The van der Waals surface area contributed by atoms with Crippen LogP contribution in [0, 0.1) is 27.7 Å². The van der Waals surface area contributed by atoms with Crippen LogP contribution < -0.4 is 9.80 Å². The third-order valence-electron chi connectivity index (χ3n) is 8.67. The quantitative estimate of drug-likeness (QED) is 0.0731. The van der Waals surface area contributed by atoms with E-state index < -0.39 is 0 Å². The molecule has 240 valence electrons. The Balaban J connectivity index is 1.25. The molecule has 7 heteroatoms. The van der Waals surface area contributed by atoms with Crippen molar-refractivity contribution in [2.75, 3.05) is 23.0 Å². The fourth-order valence-corrected chi connectivity index (χ4v) is 5.47. The fraction of sp³-hybridized carbons (Fsp3) is 0.250. The van der Waals surface area contributed by atoms with E-state index in [-0.39, 0.29) is 12.6 Å². The first-order chi connectivity index (χ1) is 22.9. The summed E-state index contributed by atoms with van der Waals surface area (Å²) < 4.78 is 16.0. The van der Waals surface area contributed by atoms with Gasteiger partial charge in [0.1, 0.15) is 19.8 Å². The van der Waals surface area contributed by atoms with Gasteiger partial charge in [0.05, 0.1) is 6.61 Å². The summed E-state index contributed by atoms with van der Waals surface area (Å²) in [6.45, 7) is 10.8. The zero-order chi connectivity index (χ0) is 32.3. The maximum atomic E-state index is 5.76. The number of anilines is 6. The molecule has 2 atom stereocenters. The van der Waals surface area contributed by atoms with Crippen LogP contribution >= 0.6 is 0 Å². The van der Waals surface area contributed by atoms with E-state index in [0.717, 1.165) is 45.3 Å². The molecule has 2 unspecified atom stereocenters. The van der Waals surface area contributed by atoms with Crippen LogP contribution in [0.1, 0.15) is 33.4 Å². The molecule has 5 aromatic carbocycles. The average molecular weight is 629 g/mol. The topological polar surface area (TPSA) is 59.2 Å². The molecule has 2 fully saturated rings. The van der Waals surface area contributed by atoms with Crippen molar-refractivity contribution in [2.24, 2.45) is 0 Å². The lowest BCUT2D eigenvalue weighted by molar-refractivity contribution is -0.328. The Labute approximate surface area is 276 Å². The van der Waals surface area contributed by atoms with Gasteiger partial charge < -0.3 is 24.0 Å². The van der Waals surface area contributed by atoms with Crippen molar-refractivity contribution < 1.29 is 24.0 Å². The zero-order valence-corrected chi connectivity index (χ0v) is 27.3. The monoisotopic (exact) mass is 628 g/mol. The summed E-state index contributed by atoms with van der Waals surface area (Å²) in [5.74, 6) is 0. The van der Waals surface area contributed by atoms with Crippen molar-refractivity contribution in [3.63, 3.8) is 0 Å². The SMILES string of the molecule is Cc1ccc(N(c2ccc(COOC3CO3)cc2)c2cccc(N(c3ccc(COC4CO4)cc3)c3ccc(C)c(C)c3)c2)cc1C. The summed E-state index contributed by atoms with van der Waals surface area (Å²) in [5, 5.41) is 0. The van der Waals surface area contributed by atoms with Gasteiger partial charge in [0.2, 0.25) is 6.29 Å². The van der Waals surface area contributed by atoms with Gasteiger partial charge in [-0.3, -0.25) is 0 Å². The molecule has 2 aliphatic rings. The summed E-state index contributed by atoms with van der Waals surface area (Å²) in [6.07, 6.45) is -0.301. The molecule has 0 aliphatic carbocycles. The standard InChI is InChI=1S/C40H40N2O5/c1-27-8-14-37(20-29(27)3)41(33-16-10-31(11-17-33)23-43-39-25-44-39)35-6-5-7-36(22-35)42(38-15-9-28(2)30(4)21-38)34-18-12-32(13-19-34)24-46-47-40-26-45-40/h5-22,39-40H,23-26H2,1-4H3. The predicted molar refractivity (Wildman–Crippen MR) is 185 cm³/mol. The number of epoxide rings is 2. The maximum absolute atomic E-state index is 5.76. The highest BCUT2D eigenvalue weighted by molar-refractivity contribution is 5.83. The minimum absolute atomic E-state index is 0.0642. The van der Waals surface area contributed by atoms with Crippen LogP contribution in [0.15, 0.2) is 109 Å². The van der Waals surface area contributed by atoms with E-state index in [1.165, 1.54) is 22.3 Å². The second-order valence-electron chi connectivity index (χ2n) is 12.3. The Morgan fingerprint density at radius 2 is 0.957 bits per heavy atom. The number of hydrogen-bond donors (Lipinski definition) is 0. The molecule has 2 aliphatic heterocycles. The number of ether oxygens (including phenoxy) is 3. The second kappa shape index (κ2) is 13.7. The first kappa shape index (κ1) is 31.1. The van der Waals surface area contributed by atoms with Crippen LogP contribution in [0.3, 0.4) is 0 Å². The van der Waals surface area contributed by atoms with E-state index >= 15 is 0 Å². The minimum atomic E-state index is -0.236. The lowest BCUT2D eigenvalue weighted by Crippen LogP contribution is -2.14. The molecule has 0 bridgehead atoms. The van der Waals surface area contributed by atoms with Crippen LogP contribution in [-0.4, -0.2) is 25.8 Å². The normalized spacial score (nSPS) is 16.6. The van der Waals surface area contributed by atoms with E-state index in [0.29, 0.717) is 26.4 Å². The Morgan fingerprint density at radius 3 is 1.43 bits per heavy atom. The molecule has 7 rings (SSSR count). The molecule has 47 heavy (non-hydrogen) atoms. The smallest absolute Gasteiger partial charge is 0.215 e. The van der Waals surface area contributed by atoms with Gasteiger partial charge in [-0.15, -0.1) is 0 Å². The number of hydrogen-bond acceptors (Lipinski definition) is 7. The zero-order valence-electron chi connectivity index (χ0n) is 27.3. The van der Waals surface area contributed by atoms with Gasteiger partial charge in [0, 0.05) is 34.1 Å². The van der Waals surface area contributed by atoms with E-state index in [1.807, 2.05) is 0 Å². The Bertz CT molecular complexity index is 1830. The molecule has 2 heterocycles. The molecule has 2 saturated heterocycles. The van der Waals surface area contributed by atoms with Crippen LogP contribution in [-0.2, 0) is 37.2 Å². The van der Waals surface area contributed by atoms with Crippen LogP contribution in [0.4, 0.5) is 34.1 Å². The fourth-order valence-electron chi connectivity index (χ4n) is 5.47. The molecule has 5 aromatic rings. The van der Waals surface area contributed by atoms with E-state index in [2.05, 4.69) is 147 Å². The van der Waals surface area contributed by atoms with Crippen molar-refractivity contribution in [3.8, 4) is 0 Å². The summed E-state index contributed by atoms with van der Waals surface area (Å²) in [6, 6.07) is 39.0. The van der Waals surface area contributed by atoms with Gasteiger partial charge in [0.15, 0.2) is 6.29 Å². The van der Waals surface area contributed by atoms with Crippen LogP contribution in [0.5, 0.6) is 0 Å². The highest BCUT2D eigenvalue weighted by atomic mass is 17.2. The average Bonchev–Trinajstić information content (AvgIpc) is 4.02. The number of benzene rings is 5. The molecule has 0 spiro atoms. The van der Waals surface area contributed by atoms with Crippen molar-refractivity contribution in [2.45, 2.75) is 53.5 Å². The molecule has 0 radical (unpaired) electrons. The molecule has 7 nitrogen and oxygen atoms in total. The van der Waals surface area contributed by atoms with Crippen molar-refractivity contribution in [1.82, 2.24) is 0 Å². The first-order valence-corrected chi connectivity index (χ1v) is 16.1. The third kappa shape index (κ3) is 7.57. The van der Waals surface area contributed by atoms with Crippen LogP contribution in [0.2, 0.25) is 0 Å². The Kier molecular flexibility index (Phi) is 9.07. The number of aryl methyl sites for hydroxylation is 4. The predicted octanol–water partition coefficient (Wildman–Crippen LogP) is 9.54. The van der Waals surface area contributed by atoms with Crippen LogP contribution in [0.25, 0.3) is 0 Å². The van der Waals surface area contributed by atoms with Crippen molar-refractivity contribution in [1.29, 1.82) is 0 Å². The summed E-state index contributed by atoms with van der Waals surface area (Å²) in [7, 11) is 0. The van der Waals surface area contributed by atoms with E-state index in [1.54, 1.807) is 0 Å². The van der Waals surface area contributed by atoms with E-state index in [9.17, 15) is 0 Å². The van der Waals surface area contributed by atoms with Crippen molar-refractivity contribution in [3.05, 3.63) is 143 Å². The first-order valence-electron chi connectivity index (χ1n) is 16.1. The summed E-state index contributed by atoms with van der Waals surface area (Å²) >= 11 is 0. The number of nitrogens with zero attached hydrogens (tertiary/aromatic N) is 2. The Morgan fingerprint density at radius 1 is 0.511 bits per heavy atom. The van der Waals surface area contributed by atoms with Gasteiger partial charge in [-0.1, -0.05) is 42.5 Å². The molecule has 0 saturated carbocycles. The van der Waals surface area contributed by atoms with Gasteiger partial charge in [-0.05, 0) is 128 Å². The van der Waals surface area contributed by atoms with E-state index in [4.69, 9.17) is 24.0 Å². The summed E-state index contributed by atoms with van der Waals surface area (Å²) in [5.41, 5.74) is 13.5. The highest BCUT2D eigenvalue weighted by Gasteiger charge is 2.25. The highest BCUT2D eigenvalue weighted by Crippen LogP contribution is 2.41. The lowest BCUT2D eigenvalue weighted by Gasteiger charge is -2.30. The minimum Gasteiger partial charge on any atom is -0.346 e. The van der Waals surface area contributed by atoms with Gasteiger partial charge in [0.25, 0.3) is 0 Å². The second-order valence-corrected chi connectivity index (χ2v) is 12.3. The molecule has 0 aromatic heterocycles. The maximum Gasteiger partial charge on any atom is 0.215 e. The third-order valence-corrected chi connectivity index (χ3v) is 8.67. The Hall–Kier alpha value is -4.50. The van der Waals surface area contributed by atoms with Gasteiger partial charge in [-0.25, -0.2) is 9.78 Å². The largest absolute Gasteiger partial charge is 0.346 e. The molecule has 0 amide bonds. The summed E-state index contributed by atoms with van der Waals surface area (Å²) in [4.78, 5) is 15.2.